The summed E-state index contributed by atoms with van der Waals surface area (Å²) in [5.41, 5.74) is 1.19. The number of nitrogens with zero attached hydrogens (tertiary/aromatic N) is 2. The molecule has 0 atom stereocenters. The molecule has 88 valence electrons. The third kappa shape index (κ3) is 4.67. The van der Waals surface area contributed by atoms with Gasteiger partial charge in [0, 0.05) is 38.4 Å². The standard InChI is InChI=1S/C12H24N2O/c1-11(2)14-7-5-13(6-8-14)9-10-15-12(3)4/h12H,1,5-10H2,2-4H3. The van der Waals surface area contributed by atoms with E-state index < -0.39 is 0 Å². The quantitative estimate of drug-likeness (QED) is 0.688. The fourth-order valence-corrected chi connectivity index (χ4v) is 1.77. The highest BCUT2D eigenvalue weighted by Crippen LogP contribution is 2.06. The summed E-state index contributed by atoms with van der Waals surface area (Å²) in [6.45, 7) is 16.6. The lowest BCUT2D eigenvalue weighted by molar-refractivity contribution is 0.0486. The molecule has 1 heterocycles. The fraction of sp³-hybridized carbons (Fsp3) is 0.833. The van der Waals surface area contributed by atoms with Gasteiger partial charge in [0.15, 0.2) is 0 Å². The van der Waals surface area contributed by atoms with Crippen molar-refractivity contribution in [1.82, 2.24) is 9.80 Å². The van der Waals surface area contributed by atoms with Crippen LogP contribution in [-0.4, -0.2) is 55.2 Å². The van der Waals surface area contributed by atoms with Crippen LogP contribution in [0.2, 0.25) is 0 Å². The van der Waals surface area contributed by atoms with Crippen LogP contribution in [0.5, 0.6) is 0 Å². The second-order valence-electron chi connectivity index (χ2n) is 4.48. The lowest BCUT2D eigenvalue weighted by Crippen LogP contribution is -2.46. The van der Waals surface area contributed by atoms with Crippen LogP contribution in [0.1, 0.15) is 20.8 Å². The van der Waals surface area contributed by atoms with E-state index in [0.29, 0.717) is 6.10 Å². The molecule has 15 heavy (non-hydrogen) atoms. The summed E-state index contributed by atoms with van der Waals surface area (Å²) in [6.07, 6.45) is 0.349. The summed E-state index contributed by atoms with van der Waals surface area (Å²) in [4.78, 5) is 4.81. The first-order valence-electron chi connectivity index (χ1n) is 5.84. The molecular formula is C12H24N2O. The Balaban J connectivity index is 2.12. The van der Waals surface area contributed by atoms with Crippen molar-refractivity contribution in [1.29, 1.82) is 0 Å². The van der Waals surface area contributed by atoms with Crippen LogP contribution in [0.25, 0.3) is 0 Å². The Kier molecular flexibility index (Phi) is 5.12. The number of rotatable bonds is 5. The second-order valence-corrected chi connectivity index (χ2v) is 4.48. The SMILES string of the molecule is C=C(C)N1CCN(CCOC(C)C)CC1. The Labute approximate surface area is 93.7 Å². The zero-order valence-corrected chi connectivity index (χ0v) is 10.3. The Morgan fingerprint density at radius 3 is 2.33 bits per heavy atom. The van der Waals surface area contributed by atoms with Crippen molar-refractivity contribution in [2.75, 3.05) is 39.3 Å². The highest BCUT2D eigenvalue weighted by Gasteiger charge is 2.15. The van der Waals surface area contributed by atoms with Crippen LogP contribution in [-0.2, 0) is 4.74 Å². The van der Waals surface area contributed by atoms with Crippen LogP contribution in [0.4, 0.5) is 0 Å². The van der Waals surface area contributed by atoms with Crippen molar-refractivity contribution >= 4 is 0 Å². The van der Waals surface area contributed by atoms with Crippen molar-refractivity contribution in [2.24, 2.45) is 0 Å². The van der Waals surface area contributed by atoms with E-state index in [4.69, 9.17) is 4.74 Å². The normalized spacial score (nSPS) is 18.5. The van der Waals surface area contributed by atoms with Gasteiger partial charge < -0.3 is 9.64 Å². The van der Waals surface area contributed by atoms with Crippen LogP contribution in [0, 0.1) is 0 Å². The summed E-state index contributed by atoms with van der Waals surface area (Å²) in [5, 5.41) is 0. The Morgan fingerprint density at radius 1 is 1.27 bits per heavy atom. The molecule has 0 aromatic carbocycles. The summed E-state index contributed by atoms with van der Waals surface area (Å²) in [5.74, 6) is 0. The maximum absolute atomic E-state index is 5.55. The first-order chi connectivity index (χ1) is 7.09. The van der Waals surface area contributed by atoms with E-state index in [0.717, 1.165) is 39.3 Å². The molecule has 0 radical (unpaired) electrons. The number of hydrogen-bond acceptors (Lipinski definition) is 3. The van der Waals surface area contributed by atoms with Gasteiger partial charge in [-0.25, -0.2) is 0 Å². The van der Waals surface area contributed by atoms with E-state index in [1.54, 1.807) is 0 Å². The Bertz CT molecular complexity index is 196. The van der Waals surface area contributed by atoms with Gasteiger partial charge in [0.2, 0.25) is 0 Å². The molecule has 1 fully saturated rings. The summed E-state index contributed by atoms with van der Waals surface area (Å²) in [6, 6.07) is 0. The summed E-state index contributed by atoms with van der Waals surface area (Å²) >= 11 is 0. The molecule has 0 amide bonds. The lowest BCUT2D eigenvalue weighted by atomic mass is 10.3. The molecule has 0 saturated carbocycles. The van der Waals surface area contributed by atoms with Crippen LogP contribution in [0.3, 0.4) is 0 Å². The Hall–Kier alpha value is -0.540. The van der Waals surface area contributed by atoms with Gasteiger partial charge in [-0.3, -0.25) is 4.90 Å². The first-order valence-corrected chi connectivity index (χ1v) is 5.84. The molecular weight excluding hydrogens is 188 g/mol. The molecule has 0 aliphatic carbocycles. The minimum absolute atomic E-state index is 0.349. The topological polar surface area (TPSA) is 15.7 Å². The van der Waals surface area contributed by atoms with Gasteiger partial charge in [-0.05, 0) is 20.8 Å². The molecule has 0 unspecified atom stereocenters. The lowest BCUT2D eigenvalue weighted by Gasteiger charge is -2.36. The van der Waals surface area contributed by atoms with Gasteiger partial charge in [-0.15, -0.1) is 0 Å². The van der Waals surface area contributed by atoms with Gasteiger partial charge in [0.05, 0.1) is 12.7 Å². The number of piperazine rings is 1. The van der Waals surface area contributed by atoms with Gasteiger partial charge in [0.1, 0.15) is 0 Å². The smallest absolute Gasteiger partial charge is 0.0596 e. The molecule has 3 heteroatoms. The highest BCUT2D eigenvalue weighted by molar-refractivity contribution is 4.91. The average molecular weight is 212 g/mol. The van der Waals surface area contributed by atoms with E-state index in [1.165, 1.54) is 5.70 Å². The number of hydrogen-bond donors (Lipinski definition) is 0. The van der Waals surface area contributed by atoms with Crippen molar-refractivity contribution in [3.8, 4) is 0 Å². The maximum atomic E-state index is 5.55. The van der Waals surface area contributed by atoms with E-state index in [9.17, 15) is 0 Å². The predicted octanol–water partition coefficient (Wildman–Crippen LogP) is 1.56. The van der Waals surface area contributed by atoms with Gasteiger partial charge >= 0.3 is 0 Å². The third-order valence-electron chi connectivity index (χ3n) is 2.77. The van der Waals surface area contributed by atoms with Gasteiger partial charge in [0.25, 0.3) is 0 Å². The minimum atomic E-state index is 0.349. The van der Waals surface area contributed by atoms with Gasteiger partial charge in [-0.2, -0.15) is 0 Å². The highest BCUT2D eigenvalue weighted by atomic mass is 16.5. The fourth-order valence-electron chi connectivity index (χ4n) is 1.77. The molecule has 1 aliphatic heterocycles. The third-order valence-corrected chi connectivity index (χ3v) is 2.77. The molecule has 1 aliphatic rings. The van der Waals surface area contributed by atoms with Crippen molar-refractivity contribution in [3.05, 3.63) is 12.3 Å². The zero-order chi connectivity index (χ0) is 11.3. The van der Waals surface area contributed by atoms with E-state index in [2.05, 4.69) is 37.1 Å². The number of ether oxygens (including phenoxy) is 1. The maximum Gasteiger partial charge on any atom is 0.0596 e. The van der Waals surface area contributed by atoms with E-state index in [1.807, 2.05) is 0 Å². The van der Waals surface area contributed by atoms with E-state index in [-0.39, 0.29) is 0 Å². The van der Waals surface area contributed by atoms with Crippen LogP contribution < -0.4 is 0 Å². The first kappa shape index (κ1) is 12.5. The monoisotopic (exact) mass is 212 g/mol. The van der Waals surface area contributed by atoms with Crippen LogP contribution >= 0.6 is 0 Å². The largest absolute Gasteiger partial charge is 0.377 e. The second kappa shape index (κ2) is 6.13. The summed E-state index contributed by atoms with van der Waals surface area (Å²) < 4.78 is 5.55. The molecule has 0 N–H and O–H groups in total. The molecule has 1 saturated heterocycles. The van der Waals surface area contributed by atoms with E-state index >= 15 is 0 Å². The molecule has 0 bridgehead atoms. The zero-order valence-electron chi connectivity index (χ0n) is 10.3. The molecule has 0 spiro atoms. The molecule has 0 aromatic rings. The number of allylic oxidation sites excluding steroid dienone is 1. The van der Waals surface area contributed by atoms with Crippen LogP contribution in [0.15, 0.2) is 12.3 Å². The van der Waals surface area contributed by atoms with Crippen molar-refractivity contribution in [3.63, 3.8) is 0 Å². The summed E-state index contributed by atoms with van der Waals surface area (Å²) in [7, 11) is 0. The molecule has 0 aromatic heterocycles. The molecule has 1 rings (SSSR count). The van der Waals surface area contributed by atoms with Crippen molar-refractivity contribution in [2.45, 2.75) is 26.9 Å². The minimum Gasteiger partial charge on any atom is -0.377 e. The van der Waals surface area contributed by atoms with Crippen molar-refractivity contribution < 1.29 is 4.74 Å². The van der Waals surface area contributed by atoms with Gasteiger partial charge in [-0.1, -0.05) is 6.58 Å². The predicted molar refractivity (Wildman–Crippen MR) is 63.9 cm³/mol. The Morgan fingerprint density at radius 2 is 1.87 bits per heavy atom. The molecule has 3 nitrogen and oxygen atoms in total. The average Bonchev–Trinajstić information content (AvgIpc) is 2.18.